The van der Waals surface area contributed by atoms with E-state index in [0.29, 0.717) is 5.92 Å². The van der Waals surface area contributed by atoms with Gasteiger partial charge in [-0.1, -0.05) is 42.9 Å². The predicted molar refractivity (Wildman–Crippen MR) is 81.6 cm³/mol. The molecule has 0 aliphatic heterocycles. The van der Waals surface area contributed by atoms with Crippen LogP contribution < -0.4 is 5.32 Å². The van der Waals surface area contributed by atoms with Crippen molar-refractivity contribution in [3.05, 3.63) is 33.8 Å². The lowest BCUT2D eigenvalue weighted by molar-refractivity contribution is 0.550. The Kier molecular flexibility index (Phi) is 4.91. The van der Waals surface area contributed by atoms with Crippen molar-refractivity contribution in [3.8, 4) is 10.6 Å². The molecular formula is C14H18ClN3S. The van der Waals surface area contributed by atoms with Crippen LogP contribution in [0.15, 0.2) is 18.2 Å². The molecule has 102 valence electrons. The lowest BCUT2D eigenvalue weighted by atomic mass is 10.1. The summed E-state index contributed by atoms with van der Waals surface area (Å²) in [6.45, 7) is 8.15. The van der Waals surface area contributed by atoms with E-state index in [1.807, 2.05) is 25.1 Å². The molecule has 3 nitrogen and oxygen atoms in total. The number of hydrogen-bond donors (Lipinski definition) is 1. The van der Waals surface area contributed by atoms with E-state index in [1.165, 1.54) is 0 Å². The average Bonchev–Trinajstić information content (AvgIpc) is 2.81. The molecular weight excluding hydrogens is 278 g/mol. The van der Waals surface area contributed by atoms with Crippen LogP contribution in [0.1, 0.15) is 24.4 Å². The van der Waals surface area contributed by atoms with Gasteiger partial charge in [0.1, 0.15) is 10.0 Å². The Morgan fingerprint density at radius 2 is 2.11 bits per heavy atom. The van der Waals surface area contributed by atoms with Crippen LogP contribution in [0.3, 0.4) is 0 Å². The van der Waals surface area contributed by atoms with Crippen LogP contribution >= 0.6 is 22.9 Å². The van der Waals surface area contributed by atoms with Crippen LogP contribution in [0.5, 0.6) is 0 Å². The third-order valence-electron chi connectivity index (χ3n) is 2.70. The van der Waals surface area contributed by atoms with Gasteiger partial charge in [0.25, 0.3) is 0 Å². The monoisotopic (exact) mass is 295 g/mol. The Bertz CT molecular complexity index is 551. The highest BCUT2D eigenvalue weighted by atomic mass is 35.5. The molecule has 2 aromatic rings. The van der Waals surface area contributed by atoms with Crippen molar-refractivity contribution < 1.29 is 0 Å². The van der Waals surface area contributed by atoms with E-state index in [1.54, 1.807) is 11.3 Å². The Morgan fingerprint density at radius 3 is 2.79 bits per heavy atom. The van der Waals surface area contributed by atoms with Gasteiger partial charge in [-0.3, -0.25) is 0 Å². The summed E-state index contributed by atoms with van der Waals surface area (Å²) in [5.74, 6) is 0.645. The predicted octanol–water partition coefficient (Wildman–Crippen LogP) is 3.91. The zero-order valence-corrected chi connectivity index (χ0v) is 13.0. The SMILES string of the molecule is Cc1cc(-c2nnc(CNCC(C)C)s2)ccc1Cl. The van der Waals surface area contributed by atoms with E-state index in [2.05, 4.69) is 29.4 Å². The van der Waals surface area contributed by atoms with E-state index < -0.39 is 0 Å². The summed E-state index contributed by atoms with van der Waals surface area (Å²) >= 11 is 7.65. The van der Waals surface area contributed by atoms with Gasteiger partial charge in [-0.15, -0.1) is 10.2 Å². The molecule has 0 aliphatic carbocycles. The fourth-order valence-electron chi connectivity index (χ4n) is 1.69. The van der Waals surface area contributed by atoms with Crippen LogP contribution in [0.25, 0.3) is 10.6 Å². The normalized spacial score (nSPS) is 11.2. The van der Waals surface area contributed by atoms with Crippen molar-refractivity contribution >= 4 is 22.9 Å². The Labute approximate surface area is 123 Å². The molecule has 1 N–H and O–H groups in total. The van der Waals surface area contributed by atoms with Gasteiger partial charge in [-0.25, -0.2) is 0 Å². The number of aromatic nitrogens is 2. The average molecular weight is 296 g/mol. The van der Waals surface area contributed by atoms with Crippen molar-refractivity contribution in [3.63, 3.8) is 0 Å². The molecule has 0 saturated carbocycles. The highest BCUT2D eigenvalue weighted by Gasteiger charge is 2.08. The number of benzene rings is 1. The summed E-state index contributed by atoms with van der Waals surface area (Å²) in [5, 5.41) is 14.6. The van der Waals surface area contributed by atoms with Crippen LogP contribution in [-0.4, -0.2) is 16.7 Å². The lowest BCUT2D eigenvalue weighted by Crippen LogP contribution is -2.18. The van der Waals surface area contributed by atoms with Crippen LogP contribution in [0, 0.1) is 12.8 Å². The summed E-state index contributed by atoms with van der Waals surface area (Å²) in [7, 11) is 0. The first kappa shape index (κ1) is 14.4. The Hall–Kier alpha value is -0.970. The first-order chi connectivity index (χ1) is 9.06. The van der Waals surface area contributed by atoms with Crippen LogP contribution in [0.4, 0.5) is 0 Å². The van der Waals surface area contributed by atoms with E-state index in [9.17, 15) is 0 Å². The van der Waals surface area contributed by atoms with Crippen molar-refractivity contribution in [2.75, 3.05) is 6.54 Å². The summed E-state index contributed by atoms with van der Waals surface area (Å²) in [5.41, 5.74) is 2.14. The van der Waals surface area contributed by atoms with Gasteiger partial charge in [0.05, 0.1) is 0 Å². The third-order valence-corrected chi connectivity index (χ3v) is 4.10. The quantitative estimate of drug-likeness (QED) is 0.909. The van der Waals surface area contributed by atoms with Gasteiger partial charge < -0.3 is 5.32 Å². The summed E-state index contributed by atoms with van der Waals surface area (Å²) in [6.07, 6.45) is 0. The first-order valence-corrected chi connectivity index (χ1v) is 7.55. The molecule has 1 heterocycles. The van der Waals surface area contributed by atoms with E-state index >= 15 is 0 Å². The number of nitrogens with one attached hydrogen (secondary N) is 1. The minimum absolute atomic E-state index is 0.645. The van der Waals surface area contributed by atoms with E-state index in [4.69, 9.17) is 11.6 Å². The maximum atomic E-state index is 6.03. The van der Waals surface area contributed by atoms with Crippen LogP contribution in [0.2, 0.25) is 5.02 Å². The molecule has 0 bridgehead atoms. The molecule has 0 spiro atoms. The third kappa shape index (κ3) is 4.00. The van der Waals surface area contributed by atoms with Gasteiger partial charge in [0, 0.05) is 17.1 Å². The topological polar surface area (TPSA) is 37.8 Å². The van der Waals surface area contributed by atoms with Gasteiger partial charge in [-0.05, 0) is 37.1 Å². The molecule has 0 saturated heterocycles. The molecule has 0 unspecified atom stereocenters. The van der Waals surface area contributed by atoms with Gasteiger partial charge in [-0.2, -0.15) is 0 Å². The van der Waals surface area contributed by atoms with Crippen molar-refractivity contribution in [1.82, 2.24) is 15.5 Å². The molecule has 2 rings (SSSR count). The van der Waals surface area contributed by atoms with Crippen molar-refractivity contribution in [1.29, 1.82) is 0 Å². The molecule has 1 aromatic heterocycles. The number of rotatable bonds is 5. The van der Waals surface area contributed by atoms with E-state index in [0.717, 1.165) is 39.3 Å². The zero-order chi connectivity index (χ0) is 13.8. The van der Waals surface area contributed by atoms with Gasteiger partial charge >= 0.3 is 0 Å². The maximum absolute atomic E-state index is 6.03. The number of nitrogens with zero attached hydrogens (tertiary/aromatic N) is 2. The molecule has 0 fully saturated rings. The number of hydrogen-bond acceptors (Lipinski definition) is 4. The van der Waals surface area contributed by atoms with Gasteiger partial charge in [0.15, 0.2) is 0 Å². The van der Waals surface area contributed by atoms with Gasteiger partial charge in [0.2, 0.25) is 0 Å². The zero-order valence-electron chi connectivity index (χ0n) is 11.4. The second-order valence-corrected chi connectivity index (χ2v) is 6.46. The fraction of sp³-hybridized carbons (Fsp3) is 0.429. The molecule has 0 atom stereocenters. The summed E-state index contributed by atoms with van der Waals surface area (Å²) in [4.78, 5) is 0. The summed E-state index contributed by atoms with van der Waals surface area (Å²) < 4.78 is 0. The van der Waals surface area contributed by atoms with Crippen molar-refractivity contribution in [2.24, 2.45) is 5.92 Å². The highest BCUT2D eigenvalue weighted by molar-refractivity contribution is 7.14. The minimum Gasteiger partial charge on any atom is -0.310 e. The molecule has 0 aliphatic rings. The standard InChI is InChI=1S/C14H18ClN3S/c1-9(2)7-16-8-13-17-18-14(19-13)11-4-5-12(15)10(3)6-11/h4-6,9,16H,7-8H2,1-3H3. The maximum Gasteiger partial charge on any atom is 0.147 e. The molecule has 5 heteroatoms. The second-order valence-electron chi connectivity index (χ2n) is 4.99. The Morgan fingerprint density at radius 1 is 1.32 bits per heavy atom. The number of halogens is 1. The lowest BCUT2D eigenvalue weighted by Gasteiger charge is -2.04. The molecule has 0 radical (unpaired) electrons. The number of aryl methyl sites for hydroxylation is 1. The minimum atomic E-state index is 0.645. The second kappa shape index (κ2) is 6.46. The van der Waals surface area contributed by atoms with E-state index in [-0.39, 0.29) is 0 Å². The van der Waals surface area contributed by atoms with Crippen LogP contribution in [-0.2, 0) is 6.54 Å². The first-order valence-electron chi connectivity index (χ1n) is 6.36. The fourth-order valence-corrected chi connectivity index (χ4v) is 2.61. The molecule has 1 aromatic carbocycles. The molecule has 0 amide bonds. The summed E-state index contributed by atoms with van der Waals surface area (Å²) in [6, 6.07) is 5.94. The van der Waals surface area contributed by atoms with Crippen molar-refractivity contribution in [2.45, 2.75) is 27.3 Å². The Balaban J connectivity index is 2.05. The smallest absolute Gasteiger partial charge is 0.147 e. The molecule has 19 heavy (non-hydrogen) atoms. The largest absolute Gasteiger partial charge is 0.310 e. The highest BCUT2D eigenvalue weighted by Crippen LogP contribution is 2.27.